The van der Waals surface area contributed by atoms with Gasteiger partial charge in [0.2, 0.25) is 10.0 Å². The number of hydrogen-bond acceptors (Lipinski definition) is 5. The van der Waals surface area contributed by atoms with Crippen molar-refractivity contribution in [1.82, 2.24) is 4.31 Å². The van der Waals surface area contributed by atoms with Gasteiger partial charge in [-0.3, -0.25) is 0 Å². The maximum absolute atomic E-state index is 12.0. The number of rotatable bonds is 7. The summed E-state index contributed by atoms with van der Waals surface area (Å²) in [5.41, 5.74) is 0.814. The Morgan fingerprint density at radius 2 is 1.72 bits per heavy atom. The molecule has 2 aromatic rings. The van der Waals surface area contributed by atoms with Crippen LogP contribution < -0.4 is 0 Å². The van der Waals surface area contributed by atoms with E-state index in [0.717, 1.165) is 15.3 Å². The fourth-order valence-electron chi connectivity index (χ4n) is 2.40. The number of thiophene rings is 1. The fraction of sp³-hybridized carbons (Fsp3) is 0.412. The van der Waals surface area contributed by atoms with E-state index in [1.165, 1.54) is 28.2 Å². The van der Waals surface area contributed by atoms with E-state index in [4.69, 9.17) is 0 Å². The Hall–Kier alpha value is -1.22. The zero-order valence-corrected chi connectivity index (χ0v) is 17.2. The van der Waals surface area contributed by atoms with Gasteiger partial charge in [-0.05, 0) is 35.7 Å². The molecular formula is C17H23NO4S3. The molecule has 0 unspecified atom stereocenters. The summed E-state index contributed by atoms with van der Waals surface area (Å²) in [5, 5.41) is 0. The van der Waals surface area contributed by atoms with Crippen molar-refractivity contribution in [2.45, 2.75) is 25.3 Å². The molecule has 25 heavy (non-hydrogen) atoms. The second-order valence-corrected chi connectivity index (χ2v) is 11.7. The minimum atomic E-state index is -3.28. The normalized spacial score (nSPS) is 12.9. The summed E-state index contributed by atoms with van der Waals surface area (Å²) in [7, 11) is -6.54. The Balaban J connectivity index is 2.28. The minimum Gasteiger partial charge on any atom is -0.224 e. The van der Waals surface area contributed by atoms with Gasteiger partial charge >= 0.3 is 0 Å². The van der Waals surface area contributed by atoms with E-state index in [1.807, 2.05) is 32.0 Å². The van der Waals surface area contributed by atoms with Crippen molar-refractivity contribution in [2.75, 3.05) is 19.1 Å². The molecule has 0 N–H and O–H groups in total. The largest absolute Gasteiger partial charge is 0.224 e. The van der Waals surface area contributed by atoms with Gasteiger partial charge in [0.05, 0.1) is 11.2 Å². The van der Waals surface area contributed by atoms with E-state index in [0.29, 0.717) is 13.1 Å². The van der Waals surface area contributed by atoms with Gasteiger partial charge in [-0.15, -0.1) is 11.3 Å². The zero-order valence-electron chi connectivity index (χ0n) is 14.8. The molecule has 0 bridgehead atoms. The third-order valence-corrected chi connectivity index (χ3v) is 7.02. The quantitative estimate of drug-likeness (QED) is 0.714. The Morgan fingerprint density at radius 1 is 1.04 bits per heavy atom. The van der Waals surface area contributed by atoms with Crippen LogP contribution in [0.25, 0.3) is 10.4 Å². The summed E-state index contributed by atoms with van der Waals surface area (Å²) in [6.45, 7) is 4.76. The lowest BCUT2D eigenvalue weighted by molar-refractivity contribution is 0.367. The highest BCUT2D eigenvalue weighted by Gasteiger charge is 2.19. The molecule has 0 aliphatic rings. The van der Waals surface area contributed by atoms with Crippen LogP contribution in [0.3, 0.4) is 0 Å². The van der Waals surface area contributed by atoms with E-state index in [-0.39, 0.29) is 10.8 Å². The van der Waals surface area contributed by atoms with E-state index in [2.05, 4.69) is 0 Å². The highest BCUT2D eigenvalue weighted by atomic mass is 32.2. The van der Waals surface area contributed by atoms with Gasteiger partial charge in [0, 0.05) is 29.1 Å². The first-order valence-corrected chi connectivity index (χ1v) is 12.4. The Kier molecular flexibility index (Phi) is 6.09. The molecule has 1 aromatic carbocycles. The van der Waals surface area contributed by atoms with Gasteiger partial charge in [-0.2, -0.15) is 4.31 Å². The summed E-state index contributed by atoms with van der Waals surface area (Å²) >= 11 is 1.48. The van der Waals surface area contributed by atoms with Crippen LogP contribution in [0.4, 0.5) is 0 Å². The molecule has 2 rings (SSSR count). The first-order valence-electron chi connectivity index (χ1n) is 7.81. The van der Waals surface area contributed by atoms with Crippen LogP contribution in [-0.4, -0.2) is 40.2 Å². The van der Waals surface area contributed by atoms with Gasteiger partial charge in [0.1, 0.15) is 0 Å². The van der Waals surface area contributed by atoms with Gasteiger partial charge in [0.25, 0.3) is 0 Å². The number of sulfonamides is 1. The first kappa shape index (κ1) is 20.1. The van der Waals surface area contributed by atoms with Gasteiger partial charge < -0.3 is 0 Å². The van der Waals surface area contributed by atoms with Crippen LogP contribution in [0.1, 0.15) is 18.7 Å². The fourth-order valence-corrected chi connectivity index (χ4v) is 5.11. The summed E-state index contributed by atoms with van der Waals surface area (Å²) in [5.74, 6) is 0.237. The molecule has 138 valence electrons. The minimum absolute atomic E-state index is 0.237. The standard InChI is InChI=1S/C17H23NO4S3/c1-13(2)11-18(25(4,21)22)12-15-8-9-17(23-15)14-6-5-7-16(10-14)24(3,19)20/h5-10,13H,11-12H2,1-4H3. The topological polar surface area (TPSA) is 71.5 Å². The molecule has 0 atom stereocenters. The van der Waals surface area contributed by atoms with Crippen molar-refractivity contribution >= 4 is 31.2 Å². The van der Waals surface area contributed by atoms with Crippen molar-refractivity contribution in [3.05, 3.63) is 41.3 Å². The molecule has 5 nitrogen and oxygen atoms in total. The highest BCUT2D eigenvalue weighted by molar-refractivity contribution is 7.90. The second-order valence-electron chi connectivity index (χ2n) is 6.52. The maximum atomic E-state index is 12.0. The summed E-state index contributed by atoms with van der Waals surface area (Å²) in [4.78, 5) is 2.11. The third-order valence-electron chi connectivity index (χ3n) is 3.58. The van der Waals surface area contributed by atoms with Crippen LogP contribution in [0.2, 0.25) is 0 Å². The maximum Gasteiger partial charge on any atom is 0.211 e. The molecule has 8 heteroatoms. The van der Waals surface area contributed by atoms with Crippen LogP contribution in [-0.2, 0) is 26.4 Å². The Bertz CT molecular complexity index is 944. The van der Waals surface area contributed by atoms with Crippen LogP contribution in [0, 0.1) is 5.92 Å². The number of hydrogen-bond donors (Lipinski definition) is 0. The average molecular weight is 402 g/mol. The molecule has 0 fully saturated rings. The lowest BCUT2D eigenvalue weighted by Crippen LogP contribution is -2.32. The highest BCUT2D eigenvalue weighted by Crippen LogP contribution is 2.30. The summed E-state index contributed by atoms with van der Waals surface area (Å²) < 4.78 is 48.8. The van der Waals surface area contributed by atoms with Crippen molar-refractivity contribution in [2.24, 2.45) is 5.92 Å². The molecule has 0 radical (unpaired) electrons. The van der Waals surface area contributed by atoms with E-state index in [1.54, 1.807) is 18.2 Å². The molecular weight excluding hydrogens is 378 g/mol. The van der Waals surface area contributed by atoms with Crippen LogP contribution in [0.5, 0.6) is 0 Å². The van der Waals surface area contributed by atoms with Gasteiger partial charge in [0.15, 0.2) is 9.84 Å². The second kappa shape index (κ2) is 7.57. The predicted octanol–water partition coefficient (Wildman–Crippen LogP) is 3.24. The number of sulfone groups is 1. The summed E-state index contributed by atoms with van der Waals surface area (Å²) in [6, 6.07) is 10.6. The molecule has 0 amide bonds. The first-order chi connectivity index (χ1) is 11.5. The number of benzene rings is 1. The average Bonchev–Trinajstić information content (AvgIpc) is 2.93. The lowest BCUT2D eigenvalue weighted by atomic mass is 10.2. The number of nitrogens with zero attached hydrogens (tertiary/aromatic N) is 1. The van der Waals surface area contributed by atoms with Crippen molar-refractivity contribution in [1.29, 1.82) is 0 Å². The SMILES string of the molecule is CC(C)CN(Cc1ccc(-c2cccc(S(C)(=O)=O)c2)s1)S(C)(=O)=O. The lowest BCUT2D eigenvalue weighted by Gasteiger charge is -2.21. The molecule has 1 aromatic heterocycles. The van der Waals surface area contributed by atoms with Gasteiger partial charge in [-0.25, -0.2) is 16.8 Å². The zero-order chi connectivity index (χ0) is 18.8. The molecule has 0 saturated carbocycles. The molecule has 0 saturated heterocycles. The Labute approximate surface area is 154 Å². The van der Waals surface area contributed by atoms with Gasteiger partial charge in [-0.1, -0.05) is 26.0 Å². The summed E-state index contributed by atoms with van der Waals surface area (Å²) in [6.07, 6.45) is 2.40. The monoisotopic (exact) mass is 401 g/mol. The third kappa shape index (κ3) is 5.64. The predicted molar refractivity (Wildman–Crippen MR) is 103 cm³/mol. The van der Waals surface area contributed by atoms with Crippen molar-refractivity contribution in [3.63, 3.8) is 0 Å². The molecule has 0 spiro atoms. The molecule has 1 heterocycles. The van der Waals surface area contributed by atoms with Crippen LogP contribution in [0.15, 0.2) is 41.3 Å². The smallest absolute Gasteiger partial charge is 0.211 e. The Morgan fingerprint density at radius 3 is 2.28 bits per heavy atom. The van der Waals surface area contributed by atoms with E-state index in [9.17, 15) is 16.8 Å². The van der Waals surface area contributed by atoms with E-state index < -0.39 is 19.9 Å². The molecule has 0 aliphatic heterocycles. The molecule has 0 aliphatic carbocycles. The van der Waals surface area contributed by atoms with Crippen molar-refractivity contribution in [3.8, 4) is 10.4 Å². The van der Waals surface area contributed by atoms with Crippen molar-refractivity contribution < 1.29 is 16.8 Å². The van der Waals surface area contributed by atoms with Crippen LogP contribution >= 0.6 is 11.3 Å². The van der Waals surface area contributed by atoms with E-state index >= 15 is 0 Å².